The van der Waals surface area contributed by atoms with E-state index in [9.17, 15) is 4.79 Å². The van der Waals surface area contributed by atoms with Crippen molar-refractivity contribution in [3.05, 3.63) is 54.6 Å². The van der Waals surface area contributed by atoms with Crippen LogP contribution in [-0.4, -0.2) is 38.8 Å². The molecule has 1 saturated heterocycles. The lowest BCUT2D eigenvalue weighted by Gasteiger charge is -2.34. The van der Waals surface area contributed by atoms with Crippen LogP contribution in [0, 0.1) is 0 Å². The molecule has 1 heterocycles. The zero-order chi connectivity index (χ0) is 17.5. The standard InChI is InChI=1S/C20H24N2O3/c1-24-20(23)15-21-16-11-13-22(14-12-16)17-7-9-19(10-8-17)25-18-5-3-2-4-6-18/h2-10,16,21H,11-15H2,1H3. The van der Waals surface area contributed by atoms with Gasteiger partial charge in [0.25, 0.3) is 0 Å². The Morgan fingerprint density at radius 1 is 1.04 bits per heavy atom. The van der Waals surface area contributed by atoms with E-state index in [2.05, 4.69) is 27.1 Å². The SMILES string of the molecule is COC(=O)CNC1CCN(c2ccc(Oc3ccccc3)cc2)CC1. The molecule has 0 amide bonds. The lowest BCUT2D eigenvalue weighted by atomic mass is 10.0. The smallest absolute Gasteiger partial charge is 0.319 e. The van der Waals surface area contributed by atoms with Gasteiger partial charge in [-0.25, -0.2) is 0 Å². The highest BCUT2D eigenvalue weighted by atomic mass is 16.5. The topological polar surface area (TPSA) is 50.8 Å². The average Bonchev–Trinajstić information content (AvgIpc) is 2.68. The molecule has 0 radical (unpaired) electrons. The number of esters is 1. The van der Waals surface area contributed by atoms with E-state index in [0.29, 0.717) is 6.04 Å². The summed E-state index contributed by atoms with van der Waals surface area (Å²) in [4.78, 5) is 13.6. The van der Waals surface area contributed by atoms with Crippen LogP contribution in [0.1, 0.15) is 12.8 Å². The maximum atomic E-state index is 11.2. The quantitative estimate of drug-likeness (QED) is 0.819. The van der Waals surface area contributed by atoms with Crippen molar-refractivity contribution in [2.24, 2.45) is 0 Å². The third-order valence-electron chi connectivity index (χ3n) is 4.44. The monoisotopic (exact) mass is 340 g/mol. The number of hydrogen-bond donors (Lipinski definition) is 1. The van der Waals surface area contributed by atoms with Crippen LogP contribution in [0.2, 0.25) is 0 Å². The number of rotatable bonds is 6. The summed E-state index contributed by atoms with van der Waals surface area (Å²) in [5.74, 6) is 1.47. The number of nitrogens with one attached hydrogen (secondary N) is 1. The Hall–Kier alpha value is -2.53. The summed E-state index contributed by atoms with van der Waals surface area (Å²) >= 11 is 0. The number of nitrogens with zero attached hydrogens (tertiary/aromatic N) is 1. The Labute approximate surface area is 148 Å². The number of carbonyl (C=O) groups excluding carboxylic acids is 1. The Bertz CT molecular complexity index is 665. The van der Waals surface area contributed by atoms with Gasteiger partial charge in [0, 0.05) is 24.8 Å². The molecule has 132 valence electrons. The lowest BCUT2D eigenvalue weighted by molar-refractivity contribution is -0.139. The van der Waals surface area contributed by atoms with Gasteiger partial charge in [0.1, 0.15) is 11.5 Å². The van der Waals surface area contributed by atoms with Crippen LogP contribution >= 0.6 is 0 Å². The molecule has 5 nitrogen and oxygen atoms in total. The molecule has 2 aromatic carbocycles. The largest absolute Gasteiger partial charge is 0.468 e. The Morgan fingerprint density at radius 2 is 1.68 bits per heavy atom. The number of para-hydroxylation sites is 1. The minimum atomic E-state index is -0.212. The highest BCUT2D eigenvalue weighted by Crippen LogP contribution is 2.26. The number of hydrogen-bond acceptors (Lipinski definition) is 5. The number of anilines is 1. The highest BCUT2D eigenvalue weighted by Gasteiger charge is 2.19. The summed E-state index contributed by atoms with van der Waals surface area (Å²) in [5.41, 5.74) is 1.20. The molecule has 25 heavy (non-hydrogen) atoms. The molecule has 3 rings (SSSR count). The molecule has 1 N–H and O–H groups in total. The third kappa shape index (κ3) is 4.97. The molecule has 1 aliphatic heterocycles. The first kappa shape index (κ1) is 17.3. The molecule has 1 fully saturated rings. The summed E-state index contributed by atoms with van der Waals surface area (Å²) in [6, 6.07) is 18.4. The van der Waals surface area contributed by atoms with Crippen LogP contribution in [0.4, 0.5) is 5.69 Å². The number of ether oxygens (including phenoxy) is 2. The van der Waals surface area contributed by atoms with E-state index >= 15 is 0 Å². The molecule has 5 heteroatoms. The van der Waals surface area contributed by atoms with E-state index in [1.54, 1.807) is 0 Å². The van der Waals surface area contributed by atoms with Crippen LogP contribution in [0.15, 0.2) is 54.6 Å². The third-order valence-corrected chi connectivity index (χ3v) is 4.44. The minimum absolute atomic E-state index is 0.212. The van der Waals surface area contributed by atoms with E-state index in [1.165, 1.54) is 12.8 Å². The van der Waals surface area contributed by atoms with Gasteiger partial charge in [-0.1, -0.05) is 18.2 Å². The summed E-state index contributed by atoms with van der Waals surface area (Å²) in [6.07, 6.45) is 2.03. The molecular formula is C20H24N2O3. The fraction of sp³-hybridized carbons (Fsp3) is 0.350. The van der Waals surface area contributed by atoms with Crippen LogP contribution in [0.25, 0.3) is 0 Å². The van der Waals surface area contributed by atoms with Crippen molar-refractivity contribution < 1.29 is 14.3 Å². The predicted molar refractivity (Wildman–Crippen MR) is 98.2 cm³/mol. The summed E-state index contributed by atoms with van der Waals surface area (Å²) in [7, 11) is 1.41. The molecular weight excluding hydrogens is 316 g/mol. The second-order valence-corrected chi connectivity index (χ2v) is 6.13. The van der Waals surface area contributed by atoms with Crippen molar-refractivity contribution in [3.63, 3.8) is 0 Å². The van der Waals surface area contributed by atoms with E-state index in [0.717, 1.165) is 37.4 Å². The normalized spacial score (nSPS) is 15.0. The van der Waals surface area contributed by atoms with Gasteiger partial charge in [0.05, 0.1) is 13.7 Å². The van der Waals surface area contributed by atoms with Gasteiger partial charge in [-0.3, -0.25) is 4.79 Å². The predicted octanol–water partition coefficient (Wildman–Crippen LogP) is 3.21. The fourth-order valence-electron chi connectivity index (χ4n) is 2.99. The van der Waals surface area contributed by atoms with Gasteiger partial charge >= 0.3 is 5.97 Å². The van der Waals surface area contributed by atoms with Crippen LogP contribution in [-0.2, 0) is 9.53 Å². The molecule has 0 atom stereocenters. The maximum absolute atomic E-state index is 11.2. The zero-order valence-corrected chi connectivity index (χ0v) is 14.5. The number of piperidine rings is 1. The molecule has 1 aliphatic rings. The van der Waals surface area contributed by atoms with Gasteiger partial charge in [-0.15, -0.1) is 0 Å². The molecule has 0 saturated carbocycles. The van der Waals surface area contributed by atoms with Crippen LogP contribution in [0.3, 0.4) is 0 Å². The summed E-state index contributed by atoms with van der Waals surface area (Å²) < 4.78 is 10.5. The van der Waals surface area contributed by atoms with E-state index in [-0.39, 0.29) is 12.5 Å². The molecule has 0 unspecified atom stereocenters. The van der Waals surface area contributed by atoms with Gasteiger partial charge < -0.3 is 19.7 Å². The number of benzene rings is 2. The van der Waals surface area contributed by atoms with E-state index in [4.69, 9.17) is 4.74 Å². The van der Waals surface area contributed by atoms with Crippen molar-refractivity contribution in [1.82, 2.24) is 5.32 Å². The summed E-state index contributed by atoms with van der Waals surface area (Å²) in [5, 5.41) is 3.26. The second-order valence-electron chi connectivity index (χ2n) is 6.13. The van der Waals surface area contributed by atoms with Gasteiger partial charge in [0.15, 0.2) is 0 Å². The number of methoxy groups -OCH3 is 1. The zero-order valence-electron chi connectivity index (χ0n) is 14.5. The van der Waals surface area contributed by atoms with Crippen LogP contribution < -0.4 is 15.0 Å². The first-order valence-corrected chi connectivity index (χ1v) is 8.63. The van der Waals surface area contributed by atoms with Crippen LogP contribution in [0.5, 0.6) is 11.5 Å². The van der Waals surface area contributed by atoms with Crippen molar-refractivity contribution in [2.45, 2.75) is 18.9 Å². The molecule has 2 aromatic rings. The summed E-state index contributed by atoms with van der Waals surface area (Å²) in [6.45, 7) is 2.22. The highest BCUT2D eigenvalue weighted by molar-refractivity contribution is 5.71. The first-order valence-electron chi connectivity index (χ1n) is 8.63. The van der Waals surface area contributed by atoms with Gasteiger partial charge in [0.2, 0.25) is 0 Å². The second kappa shape index (κ2) is 8.53. The lowest BCUT2D eigenvalue weighted by Crippen LogP contribution is -2.44. The van der Waals surface area contributed by atoms with Gasteiger partial charge in [-0.2, -0.15) is 0 Å². The van der Waals surface area contributed by atoms with Crippen molar-refractivity contribution in [2.75, 3.05) is 31.6 Å². The van der Waals surface area contributed by atoms with E-state index < -0.39 is 0 Å². The minimum Gasteiger partial charge on any atom is -0.468 e. The molecule has 0 aliphatic carbocycles. The van der Waals surface area contributed by atoms with E-state index in [1.807, 2.05) is 42.5 Å². The fourth-order valence-corrected chi connectivity index (χ4v) is 2.99. The van der Waals surface area contributed by atoms with Crippen molar-refractivity contribution in [3.8, 4) is 11.5 Å². The molecule has 0 aromatic heterocycles. The van der Waals surface area contributed by atoms with Crippen molar-refractivity contribution >= 4 is 11.7 Å². The molecule has 0 spiro atoms. The molecule has 0 bridgehead atoms. The average molecular weight is 340 g/mol. The Kier molecular flexibility index (Phi) is 5.90. The van der Waals surface area contributed by atoms with Crippen molar-refractivity contribution in [1.29, 1.82) is 0 Å². The first-order chi connectivity index (χ1) is 12.2. The Morgan fingerprint density at radius 3 is 2.32 bits per heavy atom. The number of carbonyl (C=O) groups is 1. The van der Waals surface area contributed by atoms with Gasteiger partial charge in [-0.05, 0) is 49.2 Å². The Balaban J connectivity index is 1.49. The maximum Gasteiger partial charge on any atom is 0.319 e.